The topological polar surface area (TPSA) is 64.6 Å². The molecule has 0 saturated carbocycles. The summed E-state index contributed by atoms with van der Waals surface area (Å²) in [5.41, 5.74) is 2.70. The molecular formula is C6H7NO4. The van der Waals surface area contributed by atoms with E-state index in [9.17, 15) is 9.59 Å². The number of carbonyl (C=O) groups excluding carboxylic acids is 2. The third-order valence-electron chi connectivity index (χ3n) is 1.12. The van der Waals surface area contributed by atoms with Crippen LogP contribution < -0.4 is 5.48 Å². The monoisotopic (exact) mass is 157 g/mol. The normalized spacial score (nSPS) is 19.4. The minimum absolute atomic E-state index is 0.0924. The predicted octanol–water partition coefficient (Wildman–Crippen LogP) is -0.505. The molecule has 0 aromatic carbocycles. The van der Waals surface area contributed by atoms with Crippen molar-refractivity contribution >= 4 is 11.9 Å². The lowest BCUT2D eigenvalue weighted by Gasteiger charge is -1.93. The van der Waals surface area contributed by atoms with E-state index in [1.807, 2.05) is 0 Å². The Morgan fingerprint density at radius 2 is 2.55 bits per heavy atom. The molecule has 0 unspecified atom stereocenters. The number of nitrogens with one attached hydrogen (secondary N) is 1. The van der Waals surface area contributed by atoms with Crippen LogP contribution >= 0.6 is 0 Å². The van der Waals surface area contributed by atoms with Crippen LogP contribution in [-0.2, 0) is 19.2 Å². The highest BCUT2D eigenvalue weighted by Crippen LogP contribution is 2.06. The highest BCUT2D eigenvalue weighted by molar-refractivity contribution is 5.85. The van der Waals surface area contributed by atoms with Crippen LogP contribution in [0.15, 0.2) is 11.8 Å². The van der Waals surface area contributed by atoms with Gasteiger partial charge in [0.15, 0.2) is 0 Å². The zero-order chi connectivity index (χ0) is 8.27. The maximum atomic E-state index is 10.6. The van der Waals surface area contributed by atoms with Gasteiger partial charge in [-0.3, -0.25) is 0 Å². The molecule has 0 aliphatic carbocycles. The molecule has 60 valence electrons. The number of carbonyl (C=O) groups is 2. The Labute approximate surface area is 62.9 Å². The van der Waals surface area contributed by atoms with E-state index in [2.05, 4.69) is 15.1 Å². The number of hydrogen-bond acceptors (Lipinski definition) is 5. The summed E-state index contributed by atoms with van der Waals surface area (Å²) >= 11 is 0. The van der Waals surface area contributed by atoms with Crippen LogP contribution in [-0.4, -0.2) is 19.0 Å². The Balaban J connectivity index is 2.54. The lowest BCUT2D eigenvalue weighted by atomic mass is 10.3. The number of ether oxygens (including phenoxy) is 1. The number of hydroxylamine groups is 1. The fourth-order valence-electron chi connectivity index (χ4n) is 0.632. The molecule has 5 heteroatoms. The second-order valence-corrected chi connectivity index (χ2v) is 1.95. The summed E-state index contributed by atoms with van der Waals surface area (Å²) in [5.74, 6) is -0.911. The van der Waals surface area contributed by atoms with Crippen molar-refractivity contribution in [2.45, 2.75) is 6.42 Å². The van der Waals surface area contributed by atoms with Crippen molar-refractivity contribution in [1.82, 2.24) is 5.48 Å². The first-order valence-corrected chi connectivity index (χ1v) is 2.96. The second kappa shape index (κ2) is 3.05. The van der Waals surface area contributed by atoms with Crippen LogP contribution in [0.1, 0.15) is 6.42 Å². The van der Waals surface area contributed by atoms with Crippen LogP contribution in [0.2, 0.25) is 0 Å². The highest BCUT2D eigenvalue weighted by Gasteiger charge is 2.17. The summed E-state index contributed by atoms with van der Waals surface area (Å²) in [6, 6.07) is 0. The highest BCUT2D eigenvalue weighted by atomic mass is 16.7. The van der Waals surface area contributed by atoms with Gasteiger partial charge in [-0.1, -0.05) is 0 Å². The first-order chi connectivity index (χ1) is 5.22. The first kappa shape index (κ1) is 7.59. The van der Waals surface area contributed by atoms with Crippen LogP contribution in [0.5, 0.6) is 0 Å². The van der Waals surface area contributed by atoms with Crippen molar-refractivity contribution in [3.63, 3.8) is 0 Å². The molecule has 1 saturated heterocycles. The summed E-state index contributed by atoms with van der Waals surface area (Å²) in [7, 11) is 1.26. The van der Waals surface area contributed by atoms with Crippen LogP contribution in [0.3, 0.4) is 0 Å². The fraction of sp³-hybridized carbons (Fsp3) is 0.333. The number of rotatable bonds is 1. The molecule has 1 rings (SSSR count). The van der Waals surface area contributed by atoms with Gasteiger partial charge in [-0.2, -0.15) is 0 Å². The van der Waals surface area contributed by atoms with Gasteiger partial charge in [0.05, 0.1) is 19.2 Å². The van der Waals surface area contributed by atoms with Crippen molar-refractivity contribution in [2.75, 3.05) is 7.11 Å². The molecule has 0 amide bonds. The Kier molecular flexibility index (Phi) is 2.10. The van der Waals surface area contributed by atoms with E-state index in [0.717, 1.165) is 0 Å². The third-order valence-corrected chi connectivity index (χ3v) is 1.12. The summed E-state index contributed by atoms with van der Waals surface area (Å²) < 4.78 is 4.33. The minimum Gasteiger partial charge on any atom is -0.466 e. The average Bonchev–Trinajstić information content (AvgIpc) is 2.35. The summed E-state index contributed by atoms with van der Waals surface area (Å²) in [5, 5.41) is 0. The summed E-state index contributed by atoms with van der Waals surface area (Å²) in [6.07, 6.45) is 1.26. The van der Waals surface area contributed by atoms with Gasteiger partial charge in [-0.25, -0.2) is 15.1 Å². The number of hydrogen-bond donors (Lipinski definition) is 1. The Morgan fingerprint density at radius 3 is 3.00 bits per heavy atom. The molecule has 11 heavy (non-hydrogen) atoms. The van der Waals surface area contributed by atoms with Crippen molar-refractivity contribution in [1.29, 1.82) is 0 Å². The van der Waals surface area contributed by atoms with Crippen molar-refractivity contribution in [3.05, 3.63) is 11.8 Å². The van der Waals surface area contributed by atoms with Crippen LogP contribution in [0, 0.1) is 0 Å². The van der Waals surface area contributed by atoms with E-state index in [-0.39, 0.29) is 6.42 Å². The number of esters is 1. The molecule has 0 aromatic heterocycles. The van der Waals surface area contributed by atoms with Gasteiger partial charge in [-0.05, 0) is 0 Å². The molecule has 1 aliphatic heterocycles. The van der Waals surface area contributed by atoms with E-state index in [4.69, 9.17) is 0 Å². The van der Waals surface area contributed by atoms with Gasteiger partial charge in [0, 0.05) is 6.08 Å². The van der Waals surface area contributed by atoms with Crippen LogP contribution in [0.4, 0.5) is 0 Å². The smallest absolute Gasteiger partial charge is 0.338 e. The van der Waals surface area contributed by atoms with E-state index in [1.54, 1.807) is 0 Å². The molecule has 1 fully saturated rings. The molecular weight excluding hydrogens is 150 g/mol. The molecule has 1 heterocycles. The summed E-state index contributed by atoms with van der Waals surface area (Å²) in [6.45, 7) is 0. The fourth-order valence-corrected chi connectivity index (χ4v) is 0.632. The lowest BCUT2D eigenvalue weighted by molar-refractivity contribution is -0.142. The van der Waals surface area contributed by atoms with Gasteiger partial charge < -0.3 is 9.57 Å². The van der Waals surface area contributed by atoms with Gasteiger partial charge in [0.1, 0.15) is 0 Å². The number of methoxy groups -OCH3 is 1. The Bertz CT molecular complexity index is 221. The zero-order valence-corrected chi connectivity index (χ0v) is 5.92. The Hall–Kier alpha value is -1.52. The maximum absolute atomic E-state index is 10.6. The molecule has 5 nitrogen and oxygen atoms in total. The van der Waals surface area contributed by atoms with E-state index in [1.165, 1.54) is 13.2 Å². The second-order valence-electron chi connectivity index (χ2n) is 1.95. The average molecular weight is 157 g/mol. The van der Waals surface area contributed by atoms with Crippen LogP contribution in [0.25, 0.3) is 0 Å². The molecule has 0 atom stereocenters. The quantitative estimate of drug-likeness (QED) is 0.410. The van der Waals surface area contributed by atoms with E-state index in [0.29, 0.717) is 5.70 Å². The maximum Gasteiger partial charge on any atom is 0.338 e. The SMILES string of the molecule is COC(=O)/C=C1/CC(=O)ON1. The van der Waals surface area contributed by atoms with E-state index >= 15 is 0 Å². The molecule has 0 aromatic rings. The largest absolute Gasteiger partial charge is 0.466 e. The molecule has 0 spiro atoms. The van der Waals surface area contributed by atoms with Crippen molar-refractivity contribution in [3.8, 4) is 0 Å². The van der Waals surface area contributed by atoms with Gasteiger partial charge in [-0.15, -0.1) is 0 Å². The standard InChI is InChI=1S/C6H7NO4/c1-10-5(8)2-4-3-6(9)11-7-4/h2,7H,3H2,1H3/b4-2-. The molecule has 1 aliphatic rings. The predicted molar refractivity (Wildman–Crippen MR) is 33.9 cm³/mol. The molecule has 1 N–H and O–H groups in total. The lowest BCUT2D eigenvalue weighted by Crippen LogP contribution is -2.06. The zero-order valence-electron chi connectivity index (χ0n) is 5.92. The minimum atomic E-state index is -0.509. The summed E-state index contributed by atoms with van der Waals surface area (Å²) in [4.78, 5) is 25.4. The molecule has 0 radical (unpaired) electrons. The Morgan fingerprint density at radius 1 is 1.82 bits per heavy atom. The van der Waals surface area contributed by atoms with Gasteiger partial charge in [0.25, 0.3) is 0 Å². The van der Waals surface area contributed by atoms with E-state index < -0.39 is 11.9 Å². The van der Waals surface area contributed by atoms with Crippen molar-refractivity contribution < 1.29 is 19.2 Å². The third kappa shape index (κ3) is 1.96. The van der Waals surface area contributed by atoms with Gasteiger partial charge in [0.2, 0.25) is 0 Å². The van der Waals surface area contributed by atoms with Gasteiger partial charge >= 0.3 is 11.9 Å². The van der Waals surface area contributed by atoms with Crippen molar-refractivity contribution in [2.24, 2.45) is 0 Å². The molecule has 0 bridgehead atoms. The first-order valence-electron chi connectivity index (χ1n) is 2.96.